The molecule has 3 rings (SSSR count). The van der Waals surface area contributed by atoms with Gasteiger partial charge in [0.1, 0.15) is 10.5 Å². The summed E-state index contributed by atoms with van der Waals surface area (Å²) >= 11 is 1.47. The molecule has 0 unspecified atom stereocenters. The second kappa shape index (κ2) is 4.13. The van der Waals surface area contributed by atoms with Gasteiger partial charge in [-0.2, -0.15) is 0 Å². The Morgan fingerprint density at radius 3 is 2.74 bits per heavy atom. The maximum absolute atomic E-state index is 12.1. The van der Waals surface area contributed by atoms with Crippen molar-refractivity contribution in [2.45, 2.75) is 13.8 Å². The van der Waals surface area contributed by atoms with Crippen molar-refractivity contribution in [1.29, 1.82) is 0 Å². The summed E-state index contributed by atoms with van der Waals surface area (Å²) in [5.74, 6) is 0.356. The summed E-state index contributed by atoms with van der Waals surface area (Å²) in [4.78, 5) is 38.4. The van der Waals surface area contributed by atoms with Gasteiger partial charge >= 0.3 is 0 Å². The van der Waals surface area contributed by atoms with Crippen molar-refractivity contribution in [1.82, 2.24) is 19.9 Å². The second-order valence-corrected chi connectivity index (χ2v) is 5.38. The van der Waals surface area contributed by atoms with Crippen LogP contribution >= 0.6 is 11.3 Å². The van der Waals surface area contributed by atoms with Gasteiger partial charge in [0.25, 0.3) is 11.1 Å². The number of nitrogens with one attached hydrogen (secondary N) is 2. The molecule has 0 radical (unpaired) electrons. The Morgan fingerprint density at radius 1 is 1.26 bits per heavy atom. The van der Waals surface area contributed by atoms with E-state index in [0.29, 0.717) is 21.7 Å². The third-order valence-electron chi connectivity index (χ3n) is 2.95. The standard InChI is InChI=1S/C12H10N4O2S/c1-5-6(2)19-12-9(5)11(18)15-10(16-12)7-3-14-8(17)4-13-7/h3-4H,1-2H3,(H,14,17)(H,15,16,18). The van der Waals surface area contributed by atoms with E-state index in [2.05, 4.69) is 19.9 Å². The molecular formula is C12H10N4O2S. The number of rotatable bonds is 1. The lowest BCUT2D eigenvalue weighted by atomic mass is 10.2. The van der Waals surface area contributed by atoms with Gasteiger partial charge < -0.3 is 9.97 Å². The highest BCUT2D eigenvalue weighted by Crippen LogP contribution is 2.26. The second-order valence-electron chi connectivity index (χ2n) is 4.17. The molecule has 0 aliphatic carbocycles. The van der Waals surface area contributed by atoms with Crippen LogP contribution in [0.5, 0.6) is 0 Å². The van der Waals surface area contributed by atoms with Gasteiger partial charge in [-0.25, -0.2) is 9.97 Å². The Labute approximate surface area is 111 Å². The van der Waals surface area contributed by atoms with Crippen LogP contribution in [0.2, 0.25) is 0 Å². The van der Waals surface area contributed by atoms with E-state index in [9.17, 15) is 9.59 Å². The number of aryl methyl sites for hydroxylation is 2. The highest BCUT2D eigenvalue weighted by molar-refractivity contribution is 7.18. The first-order valence-corrected chi connectivity index (χ1v) is 6.43. The van der Waals surface area contributed by atoms with Gasteiger partial charge in [-0.15, -0.1) is 11.3 Å². The molecule has 0 spiro atoms. The minimum Gasteiger partial charge on any atom is -0.325 e. The van der Waals surface area contributed by atoms with Crippen LogP contribution in [0, 0.1) is 13.8 Å². The van der Waals surface area contributed by atoms with Gasteiger partial charge in [0.15, 0.2) is 5.82 Å². The summed E-state index contributed by atoms with van der Waals surface area (Å²) in [5, 5.41) is 0.621. The fraction of sp³-hybridized carbons (Fsp3) is 0.167. The summed E-state index contributed by atoms with van der Waals surface area (Å²) in [6, 6.07) is 0. The van der Waals surface area contributed by atoms with E-state index in [1.165, 1.54) is 17.5 Å². The topological polar surface area (TPSA) is 91.5 Å². The highest BCUT2D eigenvalue weighted by Gasteiger charge is 2.13. The largest absolute Gasteiger partial charge is 0.325 e. The quantitative estimate of drug-likeness (QED) is 0.700. The zero-order valence-electron chi connectivity index (χ0n) is 10.3. The summed E-state index contributed by atoms with van der Waals surface area (Å²) < 4.78 is 0. The van der Waals surface area contributed by atoms with Crippen molar-refractivity contribution in [2.75, 3.05) is 0 Å². The number of fused-ring (bicyclic) bond motifs is 1. The van der Waals surface area contributed by atoms with Gasteiger partial charge in [-0.3, -0.25) is 9.59 Å². The molecule has 0 aliphatic rings. The molecule has 96 valence electrons. The first-order chi connectivity index (χ1) is 9.06. The molecule has 6 nitrogen and oxygen atoms in total. The summed E-state index contributed by atoms with van der Waals surface area (Å²) in [6.45, 7) is 3.86. The van der Waals surface area contributed by atoms with Crippen molar-refractivity contribution in [3.63, 3.8) is 0 Å². The van der Waals surface area contributed by atoms with Gasteiger partial charge in [-0.05, 0) is 19.4 Å². The monoisotopic (exact) mass is 274 g/mol. The Morgan fingerprint density at radius 2 is 2.05 bits per heavy atom. The zero-order chi connectivity index (χ0) is 13.6. The molecule has 19 heavy (non-hydrogen) atoms. The highest BCUT2D eigenvalue weighted by atomic mass is 32.1. The number of hydrogen-bond acceptors (Lipinski definition) is 5. The molecule has 0 aromatic carbocycles. The first kappa shape index (κ1) is 11.8. The summed E-state index contributed by atoms with van der Waals surface area (Å²) in [5.41, 5.74) is 0.905. The van der Waals surface area contributed by atoms with E-state index in [0.717, 1.165) is 16.6 Å². The minimum atomic E-state index is -0.296. The third kappa shape index (κ3) is 1.88. The lowest BCUT2D eigenvalue weighted by Crippen LogP contribution is -2.11. The number of hydrogen-bond donors (Lipinski definition) is 2. The molecule has 3 aromatic rings. The number of H-pyrrole nitrogens is 2. The fourth-order valence-corrected chi connectivity index (χ4v) is 2.88. The zero-order valence-corrected chi connectivity index (χ0v) is 11.1. The van der Waals surface area contributed by atoms with Crippen molar-refractivity contribution < 1.29 is 0 Å². The predicted octanol–water partition coefficient (Wildman–Crippen LogP) is 1.35. The average Bonchev–Trinajstić information content (AvgIpc) is 2.66. The Balaban J connectivity index is 2.29. The molecular weight excluding hydrogens is 264 g/mol. The average molecular weight is 274 g/mol. The van der Waals surface area contributed by atoms with Crippen LogP contribution in [-0.2, 0) is 0 Å². The Kier molecular flexibility index (Phi) is 2.56. The molecule has 7 heteroatoms. The number of thiophene rings is 1. The number of aromatic amines is 2. The molecule has 0 aliphatic heterocycles. The van der Waals surface area contributed by atoms with E-state index in [1.54, 1.807) is 0 Å². The smallest absolute Gasteiger partial charge is 0.266 e. The SMILES string of the molecule is Cc1sc2nc(-c3c[nH]c(=O)cn3)[nH]c(=O)c2c1C. The maximum Gasteiger partial charge on any atom is 0.266 e. The summed E-state index contributed by atoms with van der Waals surface area (Å²) in [7, 11) is 0. The molecule has 0 amide bonds. The lowest BCUT2D eigenvalue weighted by molar-refractivity contribution is 1.09. The van der Waals surface area contributed by atoms with Crippen molar-refractivity contribution >= 4 is 21.6 Å². The summed E-state index contributed by atoms with van der Waals surface area (Å²) in [6.07, 6.45) is 2.59. The van der Waals surface area contributed by atoms with E-state index in [4.69, 9.17) is 0 Å². The molecule has 0 bridgehead atoms. The van der Waals surface area contributed by atoms with E-state index >= 15 is 0 Å². The number of aromatic nitrogens is 4. The van der Waals surface area contributed by atoms with Crippen LogP contribution in [0.15, 0.2) is 22.0 Å². The van der Waals surface area contributed by atoms with Crippen LogP contribution < -0.4 is 11.1 Å². The van der Waals surface area contributed by atoms with E-state index in [1.807, 2.05) is 13.8 Å². The van der Waals surface area contributed by atoms with Gasteiger partial charge in [0, 0.05) is 11.1 Å². The van der Waals surface area contributed by atoms with Gasteiger partial charge in [0.05, 0.1) is 11.6 Å². The number of nitrogens with zero attached hydrogens (tertiary/aromatic N) is 2. The molecule has 3 aromatic heterocycles. The molecule has 2 N–H and O–H groups in total. The van der Waals surface area contributed by atoms with E-state index < -0.39 is 0 Å². The van der Waals surface area contributed by atoms with Crippen LogP contribution in [0.4, 0.5) is 0 Å². The van der Waals surface area contributed by atoms with Crippen molar-refractivity contribution in [3.05, 3.63) is 43.5 Å². The first-order valence-electron chi connectivity index (χ1n) is 5.61. The van der Waals surface area contributed by atoms with Gasteiger partial charge in [-0.1, -0.05) is 0 Å². The predicted molar refractivity (Wildman–Crippen MR) is 73.6 cm³/mol. The lowest BCUT2D eigenvalue weighted by Gasteiger charge is -1.99. The van der Waals surface area contributed by atoms with Crippen LogP contribution in [0.1, 0.15) is 10.4 Å². The molecule has 0 saturated carbocycles. The van der Waals surface area contributed by atoms with Crippen LogP contribution in [0.3, 0.4) is 0 Å². The Bertz CT molecular complexity index is 870. The van der Waals surface area contributed by atoms with Crippen molar-refractivity contribution in [2.24, 2.45) is 0 Å². The van der Waals surface area contributed by atoms with Gasteiger partial charge in [0.2, 0.25) is 0 Å². The molecule has 0 fully saturated rings. The van der Waals surface area contributed by atoms with Crippen LogP contribution in [0.25, 0.3) is 21.7 Å². The molecule has 0 saturated heterocycles. The fourth-order valence-electron chi connectivity index (χ4n) is 1.85. The molecule has 0 atom stereocenters. The Hall–Kier alpha value is -2.28. The maximum atomic E-state index is 12.1. The van der Waals surface area contributed by atoms with E-state index in [-0.39, 0.29) is 11.1 Å². The van der Waals surface area contributed by atoms with Crippen molar-refractivity contribution in [3.8, 4) is 11.5 Å². The third-order valence-corrected chi connectivity index (χ3v) is 4.05. The van der Waals surface area contributed by atoms with Crippen LogP contribution in [-0.4, -0.2) is 19.9 Å². The minimum absolute atomic E-state index is 0.185. The molecule has 3 heterocycles. The normalized spacial score (nSPS) is 11.1.